The van der Waals surface area contributed by atoms with E-state index in [2.05, 4.69) is 24.1 Å². The first-order valence-electron chi connectivity index (χ1n) is 5.64. The quantitative estimate of drug-likeness (QED) is 0.733. The molecule has 0 spiro atoms. The lowest BCUT2D eigenvalue weighted by molar-refractivity contribution is 0.515. The predicted molar refractivity (Wildman–Crippen MR) is 70.3 cm³/mol. The Morgan fingerprint density at radius 1 is 1.62 bits per heavy atom. The number of nitrogens with two attached hydrogens (primary N) is 1. The summed E-state index contributed by atoms with van der Waals surface area (Å²) in [6, 6.07) is -0.0391. The lowest BCUT2D eigenvalue weighted by Crippen LogP contribution is -2.44. The van der Waals surface area contributed by atoms with E-state index in [4.69, 9.17) is 18.0 Å². The van der Waals surface area contributed by atoms with Gasteiger partial charge in [-0.2, -0.15) is 0 Å². The van der Waals surface area contributed by atoms with E-state index in [1.54, 1.807) is 12.5 Å². The van der Waals surface area contributed by atoms with Crippen LogP contribution in [-0.4, -0.2) is 27.1 Å². The van der Waals surface area contributed by atoms with Crippen LogP contribution in [-0.2, 0) is 6.54 Å². The number of hydrogen-bond acceptors (Lipinski definition) is 3. The van der Waals surface area contributed by atoms with E-state index in [-0.39, 0.29) is 6.04 Å². The molecule has 4 nitrogen and oxygen atoms in total. The molecule has 0 aliphatic rings. The van der Waals surface area contributed by atoms with Crippen molar-refractivity contribution in [3.8, 4) is 0 Å². The number of nitrogens with one attached hydrogen (secondary N) is 1. The monoisotopic (exact) mass is 240 g/mol. The van der Waals surface area contributed by atoms with Crippen molar-refractivity contribution in [1.29, 1.82) is 0 Å². The summed E-state index contributed by atoms with van der Waals surface area (Å²) in [5, 5.41) is 3.19. The normalized spacial score (nSPS) is 14.4. The molecule has 0 aliphatic carbocycles. The molecule has 16 heavy (non-hydrogen) atoms. The SMILES string of the molecule is CCC(C)[C@H](N)C(=S)NCCn1ccnc1. The van der Waals surface area contributed by atoms with Crippen molar-refractivity contribution in [3.05, 3.63) is 18.7 Å². The lowest BCUT2D eigenvalue weighted by Gasteiger charge is -2.20. The van der Waals surface area contributed by atoms with Gasteiger partial charge >= 0.3 is 0 Å². The Labute approximate surface area is 102 Å². The summed E-state index contributed by atoms with van der Waals surface area (Å²) in [6.45, 7) is 5.89. The third-order valence-corrected chi connectivity index (χ3v) is 3.20. The molecule has 0 fully saturated rings. The maximum Gasteiger partial charge on any atom is 0.0946 e. The summed E-state index contributed by atoms with van der Waals surface area (Å²) >= 11 is 5.25. The topological polar surface area (TPSA) is 55.9 Å². The molecular formula is C11H20N4S. The van der Waals surface area contributed by atoms with Gasteiger partial charge in [0.1, 0.15) is 0 Å². The van der Waals surface area contributed by atoms with Crippen LogP contribution in [0, 0.1) is 5.92 Å². The van der Waals surface area contributed by atoms with Crippen LogP contribution in [0.1, 0.15) is 20.3 Å². The van der Waals surface area contributed by atoms with Crippen molar-refractivity contribution in [2.75, 3.05) is 6.54 Å². The highest BCUT2D eigenvalue weighted by atomic mass is 32.1. The van der Waals surface area contributed by atoms with Gasteiger partial charge in [0.25, 0.3) is 0 Å². The molecule has 0 aromatic carbocycles. The van der Waals surface area contributed by atoms with E-state index in [9.17, 15) is 0 Å². The van der Waals surface area contributed by atoms with Gasteiger partial charge in [-0.05, 0) is 5.92 Å². The lowest BCUT2D eigenvalue weighted by atomic mass is 10.0. The number of imidazole rings is 1. The molecule has 1 aromatic rings. The number of nitrogens with zero attached hydrogens (tertiary/aromatic N) is 2. The Morgan fingerprint density at radius 2 is 2.38 bits per heavy atom. The molecule has 5 heteroatoms. The molecule has 2 atom stereocenters. The van der Waals surface area contributed by atoms with Crippen molar-refractivity contribution in [3.63, 3.8) is 0 Å². The standard InChI is InChI=1S/C11H20N4S/c1-3-9(2)10(12)11(16)14-5-7-15-6-4-13-8-15/h4,6,8-10H,3,5,7,12H2,1-2H3,(H,14,16)/t9?,10-/m0/s1. The molecular weight excluding hydrogens is 220 g/mol. The molecule has 0 radical (unpaired) electrons. The highest BCUT2D eigenvalue weighted by molar-refractivity contribution is 7.80. The van der Waals surface area contributed by atoms with Gasteiger partial charge in [-0.1, -0.05) is 32.5 Å². The first-order chi connectivity index (χ1) is 7.65. The summed E-state index contributed by atoms with van der Waals surface area (Å²) in [7, 11) is 0. The summed E-state index contributed by atoms with van der Waals surface area (Å²) in [4.78, 5) is 4.73. The molecule has 0 amide bonds. The minimum absolute atomic E-state index is 0.0391. The maximum absolute atomic E-state index is 6.01. The first kappa shape index (κ1) is 13.1. The minimum atomic E-state index is -0.0391. The van der Waals surface area contributed by atoms with Gasteiger partial charge in [0.15, 0.2) is 0 Å². The van der Waals surface area contributed by atoms with Crippen LogP contribution in [0.15, 0.2) is 18.7 Å². The Morgan fingerprint density at radius 3 is 2.94 bits per heavy atom. The van der Waals surface area contributed by atoms with E-state index in [1.807, 2.05) is 10.8 Å². The highest BCUT2D eigenvalue weighted by Crippen LogP contribution is 2.05. The molecule has 1 heterocycles. The van der Waals surface area contributed by atoms with Crippen molar-refractivity contribution in [2.24, 2.45) is 11.7 Å². The summed E-state index contributed by atoms with van der Waals surface area (Å²) < 4.78 is 2.00. The predicted octanol–water partition coefficient (Wildman–Crippen LogP) is 1.17. The Balaban J connectivity index is 2.24. The smallest absolute Gasteiger partial charge is 0.0946 e. The fourth-order valence-corrected chi connectivity index (χ4v) is 1.69. The summed E-state index contributed by atoms with van der Waals surface area (Å²) in [6.07, 6.45) is 6.53. The minimum Gasteiger partial charge on any atom is -0.377 e. The second-order valence-corrected chi connectivity index (χ2v) is 4.44. The average molecular weight is 240 g/mol. The van der Waals surface area contributed by atoms with Crippen molar-refractivity contribution < 1.29 is 0 Å². The van der Waals surface area contributed by atoms with E-state index in [1.165, 1.54) is 0 Å². The Kier molecular flexibility index (Phi) is 5.42. The van der Waals surface area contributed by atoms with Crippen LogP contribution >= 0.6 is 12.2 Å². The van der Waals surface area contributed by atoms with E-state index < -0.39 is 0 Å². The fourth-order valence-electron chi connectivity index (χ4n) is 1.36. The van der Waals surface area contributed by atoms with Gasteiger partial charge in [-0.25, -0.2) is 4.98 Å². The second kappa shape index (κ2) is 6.60. The third-order valence-electron chi connectivity index (χ3n) is 2.79. The van der Waals surface area contributed by atoms with Crippen LogP contribution in [0.3, 0.4) is 0 Å². The second-order valence-electron chi connectivity index (χ2n) is 4.00. The average Bonchev–Trinajstić information content (AvgIpc) is 2.79. The van der Waals surface area contributed by atoms with Gasteiger partial charge in [-0.3, -0.25) is 0 Å². The van der Waals surface area contributed by atoms with Gasteiger partial charge in [0.05, 0.1) is 17.4 Å². The summed E-state index contributed by atoms with van der Waals surface area (Å²) in [5.41, 5.74) is 6.01. The molecule has 1 aromatic heterocycles. The van der Waals surface area contributed by atoms with Crippen LogP contribution in [0.5, 0.6) is 0 Å². The molecule has 0 aliphatic heterocycles. The van der Waals surface area contributed by atoms with Crippen molar-refractivity contribution in [2.45, 2.75) is 32.9 Å². The van der Waals surface area contributed by atoms with Crippen molar-refractivity contribution >= 4 is 17.2 Å². The van der Waals surface area contributed by atoms with Gasteiger partial charge in [0.2, 0.25) is 0 Å². The number of thiocarbonyl (C=S) groups is 1. The molecule has 1 unspecified atom stereocenters. The molecule has 3 N–H and O–H groups in total. The molecule has 0 saturated heterocycles. The highest BCUT2D eigenvalue weighted by Gasteiger charge is 2.14. The van der Waals surface area contributed by atoms with Crippen molar-refractivity contribution in [1.82, 2.24) is 14.9 Å². The number of aromatic nitrogens is 2. The zero-order valence-corrected chi connectivity index (χ0v) is 10.7. The van der Waals surface area contributed by atoms with E-state index in [0.717, 1.165) is 24.5 Å². The van der Waals surface area contributed by atoms with Crippen LogP contribution in [0.2, 0.25) is 0 Å². The van der Waals surface area contributed by atoms with Gasteiger partial charge in [0, 0.05) is 25.5 Å². The molecule has 0 bridgehead atoms. The third kappa shape index (κ3) is 3.90. The number of hydrogen-bond donors (Lipinski definition) is 2. The first-order valence-corrected chi connectivity index (χ1v) is 6.05. The van der Waals surface area contributed by atoms with Crippen LogP contribution in [0.4, 0.5) is 0 Å². The molecule has 90 valence electrons. The Bertz CT molecular complexity index is 310. The maximum atomic E-state index is 6.01. The molecule has 0 saturated carbocycles. The number of rotatable bonds is 6. The summed E-state index contributed by atoms with van der Waals surface area (Å²) in [5.74, 6) is 0.424. The largest absolute Gasteiger partial charge is 0.377 e. The van der Waals surface area contributed by atoms with Crippen LogP contribution in [0.25, 0.3) is 0 Å². The fraction of sp³-hybridized carbons (Fsp3) is 0.636. The van der Waals surface area contributed by atoms with Gasteiger partial charge in [-0.15, -0.1) is 0 Å². The molecule has 1 rings (SSSR count). The van der Waals surface area contributed by atoms with E-state index in [0.29, 0.717) is 5.92 Å². The van der Waals surface area contributed by atoms with E-state index >= 15 is 0 Å². The zero-order chi connectivity index (χ0) is 12.0. The zero-order valence-electron chi connectivity index (χ0n) is 9.89. The Hall–Kier alpha value is -0.940. The van der Waals surface area contributed by atoms with Gasteiger partial charge < -0.3 is 15.6 Å². The van der Waals surface area contributed by atoms with Crippen LogP contribution < -0.4 is 11.1 Å².